The summed E-state index contributed by atoms with van der Waals surface area (Å²) in [6, 6.07) is 10.4. The average Bonchev–Trinajstić information content (AvgIpc) is 3.36. The number of benzene rings is 2. The molecule has 6 nitrogen and oxygen atoms in total. The van der Waals surface area contributed by atoms with Crippen LogP contribution in [0.25, 0.3) is 22.6 Å². The van der Waals surface area contributed by atoms with Gasteiger partial charge < -0.3 is 14.8 Å². The molecule has 3 aromatic rings. The van der Waals surface area contributed by atoms with Gasteiger partial charge in [-0.2, -0.15) is 0 Å². The third-order valence-corrected chi connectivity index (χ3v) is 4.56. The molecule has 1 aliphatic rings. The molecular weight excluding hydrogens is 349 g/mol. The zero-order valence-corrected chi connectivity index (χ0v) is 14.7. The van der Waals surface area contributed by atoms with Gasteiger partial charge in [-0.25, -0.2) is 4.39 Å². The Morgan fingerprint density at radius 3 is 2.56 bits per heavy atom. The van der Waals surface area contributed by atoms with Crippen LogP contribution in [0.15, 0.2) is 40.8 Å². The number of aromatic nitrogens is 2. The van der Waals surface area contributed by atoms with E-state index >= 15 is 0 Å². The summed E-state index contributed by atoms with van der Waals surface area (Å²) in [5.74, 6) is -0.230. The lowest BCUT2D eigenvalue weighted by Crippen LogP contribution is -2.25. The topological polar surface area (TPSA) is 88.2 Å². The average molecular weight is 367 g/mol. The zero-order chi connectivity index (χ0) is 19.0. The molecule has 0 saturated heterocycles. The molecule has 1 amide bonds. The fraction of sp³-hybridized carbons (Fsp3) is 0.250. The van der Waals surface area contributed by atoms with E-state index in [1.807, 2.05) is 12.1 Å². The van der Waals surface area contributed by atoms with E-state index in [0.29, 0.717) is 28.1 Å². The normalized spacial score (nSPS) is 13.6. The van der Waals surface area contributed by atoms with Crippen molar-refractivity contribution >= 4 is 5.91 Å². The number of rotatable bonds is 5. The number of halogens is 1. The Labute approximate surface area is 155 Å². The van der Waals surface area contributed by atoms with E-state index in [1.165, 1.54) is 6.07 Å². The molecule has 27 heavy (non-hydrogen) atoms. The lowest BCUT2D eigenvalue weighted by Gasteiger charge is -2.11. The maximum atomic E-state index is 14.4. The fourth-order valence-electron chi connectivity index (χ4n) is 2.83. The van der Waals surface area contributed by atoms with Crippen LogP contribution in [0.4, 0.5) is 4.39 Å². The number of nitrogens with one attached hydrogen (secondary N) is 1. The molecule has 4 rings (SSSR count). The van der Waals surface area contributed by atoms with Crippen LogP contribution in [0.5, 0.6) is 0 Å². The Morgan fingerprint density at radius 1 is 1.22 bits per heavy atom. The van der Waals surface area contributed by atoms with Gasteiger partial charge in [-0.3, -0.25) is 4.79 Å². The van der Waals surface area contributed by atoms with E-state index in [0.717, 1.165) is 18.4 Å². The predicted molar refractivity (Wildman–Crippen MR) is 96.3 cm³/mol. The Hall–Kier alpha value is -3.06. The van der Waals surface area contributed by atoms with Crippen LogP contribution in [0.3, 0.4) is 0 Å². The van der Waals surface area contributed by atoms with Gasteiger partial charge in [-0.15, -0.1) is 10.2 Å². The van der Waals surface area contributed by atoms with Crippen LogP contribution in [-0.2, 0) is 6.61 Å². The van der Waals surface area contributed by atoms with Gasteiger partial charge in [0.25, 0.3) is 5.91 Å². The summed E-state index contributed by atoms with van der Waals surface area (Å²) in [5, 5.41) is 19.5. The minimum atomic E-state index is -0.415. The second-order valence-corrected chi connectivity index (χ2v) is 6.61. The number of hydrogen-bond donors (Lipinski definition) is 2. The number of aliphatic hydroxyl groups excluding tert-OH is 1. The van der Waals surface area contributed by atoms with E-state index < -0.39 is 5.82 Å². The molecule has 1 heterocycles. The quantitative estimate of drug-likeness (QED) is 0.723. The van der Waals surface area contributed by atoms with Crippen molar-refractivity contribution in [2.24, 2.45) is 0 Å². The molecular formula is C20H18FN3O3. The number of hydrogen-bond acceptors (Lipinski definition) is 5. The Kier molecular flexibility index (Phi) is 4.45. The van der Waals surface area contributed by atoms with Crippen molar-refractivity contribution in [3.63, 3.8) is 0 Å². The second kappa shape index (κ2) is 6.92. The van der Waals surface area contributed by atoms with Crippen molar-refractivity contribution in [2.45, 2.75) is 32.4 Å². The minimum absolute atomic E-state index is 0.140. The van der Waals surface area contributed by atoms with Crippen LogP contribution >= 0.6 is 0 Å². The molecule has 1 aliphatic carbocycles. The van der Waals surface area contributed by atoms with Gasteiger partial charge in [-0.05, 0) is 60.7 Å². The van der Waals surface area contributed by atoms with Crippen LogP contribution in [0.1, 0.15) is 34.7 Å². The molecule has 1 aromatic heterocycles. The van der Waals surface area contributed by atoms with Gasteiger partial charge in [0.2, 0.25) is 11.8 Å². The lowest BCUT2D eigenvalue weighted by molar-refractivity contribution is 0.0950. The Balaban J connectivity index is 1.65. The lowest BCUT2D eigenvalue weighted by atomic mass is 9.96. The van der Waals surface area contributed by atoms with Crippen LogP contribution in [0, 0.1) is 12.7 Å². The third kappa shape index (κ3) is 3.59. The molecule has 0 spiro atoms. The largest absolute Gasteiger partial charge is 0.418 e. The van der Waals surface area contributed by atoms with Crippen molar-refractivity contribution in [1.82, 2.24) is 15.5 Å². The molecule has 2 aromatic carbocycles. The summed E-state index contributed by atoms with van der Waals surface area (Å²) in [5.41, 5.74) is 2.91. The van der Waals surface area contributed by atoms with E-state index in [9.17, 15) is 9.18 Å². The summed E-state index contributed by atoms with van der Waals surface area (Å²) in [4.78, 5) is 12.3. The standard InChI is InChI=1S/C20H18FN3O3/c1-11-16(8-14(9-17(11)21)19(26)22-15-6-7-15)12-2-4-13(5-3-12)20-24-23-18(10-25)27-20/h2-5,8-9,15,25H,6-7,10H2,1H3,(H,22,26). The smallest absolute Gasteiger partial charge is 0.251 e. The summed E-state index contributed by atoms with van der Waals surface area (Å²) < 4.78 is 19.7. The Morgan fingerprint density at radius 2 is 1.93 bits per heavy atom. The summed E-state index contributed by atoms with van der Waals surface area (Å²) >= 11 is 0. The highest BCUT2D eigenvalue weighted by Gasteiger charge is 2.24. The maximum Gasteiger partial charge on any atom is 0.251 e. The third-order valence-electron chi connectivity index (χ3n) is 4.56. The molecule has 7 heteroatoms. The molecule has 0 aliphatic heterocycles. The number of aliphatic hydroxyl groups is 1. The fourth-order valence-corrected chi connectivity index (χ4v) is 2.83. The molecule has 0 bridgehead atoms. The van der Waals surface area contributed by atoms with Crippen LogP contribution in [-0.4, -0.2) is 27.3 Å². The van der Waals surface area contributed by atoms with Gasteiger partial charge in [0.1, 0.15) is 12.4 Å². The minimum Gasteiger partial charge on any atom is -0.418 e. The van der Waals surface area contributed by atoms with Crippen molar-refractivity contribution in [3.8, 4) is 22.6 Å². The highest BCUT2D eigenvalue weighted by molar-refractivity contribution is 5.96. The van der Waals surface area contributed by atoms with Crippen LogP contribution in [0.2, 0.25) is 0 Å². The molecule has 0 radical (unpaired) electrons. The maximum absolute atomic E-state index is 14.4. The molecule has 2 N–H and O–H groups in total. The van der Waals surface area contributed by atoms with E-state index in [2.05, 4.69) is 15.5 Å². The first-order valence-electron chi connectivity index (χ1n) is 8.70. The summed E-state index contributed by atoms with van der Waals surface area (Å²) in [7, 11) is 0. The van der Waals surface area contributed by atoms with E-state index in [4.69, 9.17) is 9.52 Å². The molecule has 1 fully saturated rings. The van der Waals surface area contributed by atoms with Gasteiger partial charge in [0.05, 0.1) is 0 Å². The first kappa shape index (κ1) is 17.4. The number of carbonyl (C=O) groups is 1. The highest BCUT2D eigenvalue weighted by Crippen LogP contribution is 2.29. The first-order chi connectivity index (χ1) is 13.0. The summed E-state index contributed by atoms with van der Waals surface area (Å²) in [6.45, 7) is 1.37. The van der Waals surface area contributed by atoms with Crippen molar-refractivity contribution < 1.29 is 18.7 Å². The highest BCUT2D eigenvalue weighted by atomic mass is 19.1. The first-order valence-corrected chi connectivity index (χ1v) is 8.70. The van der Waals surface area contributed by atoms with Crippen molar-refractivity contribution in [1.29, 1.82) is 0 Å². The zero-order valence-electron chi connectivity index (χ0n) is 14.7. The van der Waals surface area contributed by atoms with Crippen LogP contribution < -0.4 is 5.32 Å². The van der Waals surface area contributed by atoms with Gasteiger partial charge >= 0.3 is 0 Å². The Bertz CT molecular complexity index is 994. The van der Waals surface area contributed by atoms with Crippen molar-refractivity contribution in [2.75, 3.05) is 0 Å². The van der Waals surface area contributed by atoms with Gasteiger partial charge in [0.15, 0.2) is 0 Å². The molecule has 0 atom stereocenters. The molecule has 1 saturated carbocycles. The van der Waals surface area contributed by atoms with E-state index in [-0.39, 0.29) is 24.4 Å². The number of amides is 1. The van der Waals surface area contributed by atoms with Gasteiger partial charge in [-0.1, -0.05) is 12.1 Å². The SMILES string of the molecule is Cc1c(F)cc(C(=O)NC2CC2)cc1-c1ccc(-c2nnc(CO)o2)cc1. The molecule has 0 unspecified atom stereocenters. The monoisotopic (exact) mass is 367 g/mol. The number of carbonyl (C=O) groups excluding carboxylic acids is 1. The van der Waals surface area contributed by atoms with E-state index in [1.54, 1.807) is 25.1 Å². The predicted octanol–water partition coefficient (Wildman–Crippen LogP) is 3.24. The summed E-state index contributed by atoms with van der Waals surface area (Å²) in [6.07, 6.45) is 1.95. The second-order valence-electron chi connectivity index (χ2n) is 6.61. The number of nitrogens with zero attached hydrogens (tertiary/aromatic N) is 2. The van der Waals surface area contributed by atoms with Gasteiger partial charge in [0, 0.05) is 17.2 Å². The van der Waals surface area contributed by atoms with Crippen molar-refractivity contribution in [3.05, 3.63) is 59.2 Å². The molecule has 138 valence electrons.